The van der Waals surface area contributed by atoms with Gasteiger partial charge in [0.15, 0.2) is 0 Å². The second kappa shape index (κ2) is 5.48. The highest BCUT2D eigenvalue weighted by atomic mass is 16.6. The first-order valence-corrected chi connectivity index (χ1v) is 8.73. The van der Waals surface area contributed by atoms with E-state index in [4.69, 9.17) is 14.2 Å². The van der Waals surface area contributed by atoms with E-state index in [2.05, 4.69) is 34.6 Å². The Hall–Kier alpha value is -0.610. The molecule has 126 valence electrons. The Labute approximate surface area is 133 Å². The predicted molar refractivity (Wildman–Crippen MR) is 83.5 cm³/mol. The standard InChI is InChI=1S/C18H30O4/c1-11(2)13(9-14-17(3,4)21-14)10-20-16(19)12-6-7-18(5)15(8-12)22-18/h11-15H,6-10H2,1-5H3. The smallest absolute Gasteiger partial charge is 0.309 e. The number of fused-ring (bicyclic) bond motifs is 1. The first kappa shape index (κ1) is 16.3. The fraction of sp³-hybridized carbons (Fsp3) is 0.944. The summed E-state index contributed by atoms with van der Waals surface area (Å²) in [6.45, 7) is 11.3. The van der Waals surface area contributed by atoms with E-state index in [1.807, 2.05) is 0 Å². The lowest BCUT2D eigenvalue weighted by molar-refractivity contribution is -0.151. The van der Waals surface area contributed by atoms with Crippen LogP contribution >= 0.6 is 0 Å². The molecule has 1 aliphatic carbocycles. The zero-order valence-electron chi connectivity index (χ0n) is 14.6. The molecule has 2 saturated heterocycles. The first-order valence-electron chi connectivity index (χ1n) is 8.73. The van der Waals surface area contributed by atoms with Crippen molar-refractivity contribution in [3.63, 3.8) is 0 Å². The van der Waals surface area contributed by atoms with Crippen LogP contribution in [0.3, 0.4) is 0 Å². The summed E-state index contributed by atoms with van der Waals surface area (Å²) in [5.74, 6) is 0.872. The molecule has 3 aliphatic rings. The van der Waals surface area contributed by atoms with Gasteiger partial charge in [-0.2, -0.15) is 0 Å². The van der Waals surface area contributed by atoms with Gasteiger partial charge in [-0.3, -0.25) is 4.79 Å². The van der Waals surface area contributed by atoms with Gasteiger partial charge >= 0.3 is 5.97 Å². The molecule has 0 N–H and O–H groups in total. The van der Waals surface area contributed by atoms with Crippen LogP contribution < -0.4 is 0 Å². The van der Waals surface area contributed by atoms with Crippen LogP contribution in [0.2, 0.25) is 0 Å². The highest BCUT2D eigenvalue weighted by Gasteiger charge is 2.56. The summed E-state index contributed by atoms with van der Waals surface area (Å²) >= 11 is 0. The molecular weight excluding hydrogens is 280 g/mol. The Bertz CT molecular complexity index is 444. The van der Waals surface area contributed by atoms with Gasteiger partial charge in [-0.05, 0) is 58.3 Å². The Kier molecular flexibility index (Phi) is 4.05. The number of epoxide rings is 2. The van der Waals surface area contributed by atoms with E-state index < -0.39 is 0 Å². The van der Waals surface area contributed by atoms with Crippen molar-refractivity contribution in [2.75, 3.05) is 6.61 Å². The van der Waals surface area contributed by atoms with Crippen molar-refractivity contribution in [3.05, 3.63) is 0 Å². The van der Waals surface area contributed by atoms with Crippen molar-refractivity contribution in [3.8, 4) is 0 Å². The van der Waals surface area contributed by atoms with Gasteiger partial charge in [-0.1, -0.05) is 13.8 Å². The molecule has 22 heavy (non-hydrogen) atoms. The molecule has 0 aromatic rings. The maximum Gasteiger partial charge on any atom is 0.309 e. The van der Waals surface area contributed by atoms with Crippen LogP contribution in [0.4, 0.5) is 0 Å². The van der Waals surface area contributed by atoms with Crippen molar-refractivity contribution in [1.82, 2.24) is 0 Å². The lowest BCUT2D eigenvalue weighted by atomic mass is 9.83. The van der Waals surface area contributed by atoms with Crippen LogP contribution in [0.25, 0.3) is 0 Å². The zero-order chi connectivity index (χ0) is 16.1. The maximum absolute atomic E-state index is 12.3. The quantitative estimate of drug-likeness (QED) is 0.558. The number of esters is 1. The summed E-state index contributed by atoms with van der Waals surface area (Å²) in [6.07, 6.45) is 4.29. The minimum absolute atomic E-state index is 0.00822. The molecule has 2 aliphatic heterocycles. The molecule has 4 heteroatoms. The fourth-order valence-electron chi connectivity index (χ4n) is 3.64. The molecule has 3 rings (SSSR count). The van der Waals surface area contributed by atoms with E-state index in [-0.39, 0.29) is 29.2 Å². The molecular formula is C18H30O4. The van der Waals surface area contributed by atoms with E-state index >= 15 is 0 Å². The molecule has 5 unspecified atom stereocenters. The van der Waals surface area contributed by atoms with Gasteiger partial charge in [0.2, 0.25) is 0 Å². The number of hydrogen-bond donors (Lipinski definition) is 0. The van der Waals surface area contributed by atoms with E-state index in [1.54, 1.807) is 0 Å². The van der Waals surface area contributed by atoms with Gasteiger partial charge in [0, 0.05) is 0 Å². The fourth-order valence-corrected chi connectivity index (χ4v) is 3.64. The average molecular weight is 310 g/mol. The summed E-state index contributed by atoms with van der Waals surface area (Å²) in [6, 6.07) is 0. The second-order valence-electron chi connectivity index (χ2n) is 8.47. The van der Waals surface area contributed by atoms with Gasteiger partial charge < -0.3 is 14.2 Å². The average Bonchev–Trinajstić information content (AvgIpc) is 3.27. The van der Waals surface area contributed by atoms with Gasteiger partial charge in [-0.25, -0.2) is 0 Å². The Morgan fingerprint density at radius 1 is 1.27 bits per heavy atom. The highest BCUT2D eigenvalue weighted by molar-refractivity contribution is 5.72. The number of ether oxygens (including phenoxy) is 3. The molecule has 0 radical (unpaired) electrons. The maximum atomic E-state index is 12.3. The van der Waals surface area contributed by atoms with E-state index in [0.29, 0.717) is 24.5 Å². The van der Waals surface area contributed by atoms with Crippen molar-refractivity contribution >= 4 is 5.97 Å². The molecule has 0 bridgehead atoms. The number of rotatable bonds is 6. The van der Waals surface area contributed by atoms with E-state index in [1.165, 1.54) is 0 Å². The highest BCUT2D eigenvalue weighted by Crippen LogP contribution is 2.49. The van der Waals surface area contributed by atoms with Crippen molar-refractivity contribution in [2.24, 2.45) is 17.8 Å². The van der Waals surface area contributed by atoms with Crippen molar-refractivity contribution < 1.29 is 19.0 Å². The SMILES string of the molecule is CC(C)C(COC(=O)C1CCC2(C)OC2C1)CC1OC1(C)C. The first-order chi connectivity index (χ1) is 10.2. The van der Waals surface area contributed by atoms with Gasteiger partial charge in [0.25, 0.3) is 0 Å². The number of hydrogen-bond acceptors (Lipinski definition) is 4. The van der Waals surface area contributed by atoms with Gasteiger partial charge in [-0.15, -0.1) is 0 Å². The van der Waals surface area contributed by atoms with Crippen molar-refractivity contribution in [2.45, 2.75) is 83.7 Å². The van der Waals surface area contributed by atoms with Crippen LogP contribution in [-0.4, -0.2) is 36.0 Å². The van der Waals surface area contributed by atoms with Crippen LogP contribution in [0.5, 0.6) is 0 Å². The topological polar surface area (TPSA) is 51.4 Å². The summed E-state index contributed by atoms with van der Waals surface area (Å²) in [4.78, 5) is 12.3. The third-order valence-electron chi connectivity index (χ3n) is 5.92. The van der Waals surface area contributed by atoms with Crippen LogP contribution in [-0.2, 0) is 19.0 Å². The minimum atomic E-state index is -0.0285. The lowest BCUT2D eigenvalue weighted by Crippen LogP contribution is -2.30. The molecule has 0 spiro atoms. The molecule has 0 amide bonds. The van der Waals surface area contributed by atoms with Gasteiger partial charge in [0.05, 0.1) is 35.9 Å². The normalized spacial score (nSPS) is 40.0. The van der Waals surface area contributed by atoms with Crippen LogP contribution in [0, 0.1) is 17.8 Å². The van der Waals surface area contributed by atoms with Crippen molar-refractivity contribution in [1.29, 1.82) is 0 Å². The van der Waals surface area contributed by atoms with Crippen LogP contribution in [0.1, 0.15) is 60.3 Å². The Morgan fingerprint density at radius 3 is 2.50 bits per heavy atom. The van der Waals surface area contributed by atoms with Crippen LogP contribution in [0.15, 0.2) is 0 Å². The Balaban J connectivity index is 1.44. The molecule has 0 aromatic heterocycles. The molecule has 3 fully saturated rings. The second-order valence-corrected chi connectivity index (χ2v) is 8.47. The summed E-state index contributed by atoms with van der Waals surface area (Å²) in [5.41, 5.74) is 0.0699. The molecule has 4 nitrogen and oxygen atoms in total. The minimum Gasteiger partial charge on any atom is -0.465 e. The molecule has 0 aromatic carbocycles. The molecule has 2 heterocycles. The summed E-state index contributed by atoms with van der Waals surface area (Å²) in [5, 5.41) is 0. The van der Waals surface area contributed by atoms with E-state index in [9.17, 15) is 4.79 Å². The lowest BCUT2D eigenvalue weighted by Gasteiger charge is -2.24. The predicted octanol–water partition coefficient (Wildman–Crippen LogP) is 3.33. The number of carbonyl (C=O) groups is 1. The third-order valence-corrected chi connectivity index (χ3v) is 5.92. The number of carbonyl (C=O) groups excluding carboxylic acids is 1. The zero-order valence-corrected chi connectivity index (χ0v) is 14.6. The van der Waals surface area contributed by atoms with E-state index in [0.717, 1.165) is 25.7 Å². The van der Waals surface area contributed by atoms with Gasteiger partial charge in [0.1, 0.15) is 0 Å². The monoisotopic (exact) mass is 310 g/mol. The largest absolute Gasteiger partial charge is 0.465 e. The third kappa shape index (κ3) is 3.33. The summed E-state index contributed by atoms with van der Waals surface area (Å²) < 4.78 is 17.0. The molecule has 1 saturated carbocycles. The molecule has 5 atom stereocenters. The Morgan fingerprint density at radius 2 is 1.95 bits per heavy atom. The summed E-state index contributed by atoms with van der Waals surface area (Å²) in [7, 11) is 0.